The Morgan fingerprint density at radius 1 is 1.10 bits per heavy atom. The molecule has 0 unspecified atom stereocenters. The Labute approximate surface area is 164 Å². The zero-order valence-electron chi connectivity index (χ0n) is 15.4. The second kappa shape index (κ2) is 9.63. The molecular formula is C20H18F3N2O4+. The van der Waals surface area contributed by atoms with Crippen LogP contribution in [0.2, 0.25) is 0 Å². The molecule has 2 heterocycles. The van der Waals surface area contributed by atoms with E-state index in [1.54, 1.807) is 6.20 Å². The second-order valence-electron chi connectivity index (χ2n) is 5.84. The van der Waals surface area contributed by atoms with Crippen LogP contribution in [0.1, 0.15) is 6.42 Å². The van der Waals surface area contributed by atoms with Gasteiger partial charge in [-0.15, -0.1) is 0 Å². The van der Waals surface area contributed by atoms with Gasteiger partial charge in [-0.3, -0.25) is 9.78 Å². The predicted molar refractivity (Wildman–Crippen MR) is 97.7 cm³/mol. The number of aryl methyl sites for hydroxylation is 1. The highest BCUT2D eigenvalue weighted by Gasteiger charge is 2.40. The fraction of sp³-hybridized carbons (Fsp3) is 0.200. The number of halogens is 3. The maximum atomic E-state index is 11.0. The monoisotopic (exact) mass is 407 g/mol. The molecule has 0 aliphatic carbocycles. The van der Waals surface area contributed by atoms with E-state index in [1.165, 1.54) is 0 Å². The standard InChI is InChI=1S/C17H14N2O2.C3H3F3O2/c20-16(21)8-12-19-10-6-13(7-11-19)15-5-1-3-14-4-2-9-18-17(14)15;1-8-2(7)3(4,5)6/h1-7,9-11H,8,12H2;1H3/p+1. The minimum Gasteiger partial charge on any atom is -0.481 e. The summed E-state index contributed by atoms with van der Waals surface area (Å²) < 4.78 is 38.1. The Hall–Kier alpha value is -3.49. The average Bonchev–Trinajstić information content (AvgIpc) is 2.71. The van der Waals surface area contributed by atoms with E-state index in [4.69, 9.17) is 5.11 Å². The Kier molecular flexibility index (Phi) is 7.24. The summed E-state index contributed by atoms with van der Waals surface area (Å²) in [5, 5.41) is 9.81. The number of para-hydroxylation sites is 1. The first-order valence-electron chi connectivity index (χ1n) is 8.42. The van der Waals surface area contributed by atoms with E-state index in [1.807, 2.05) is 59.4 Å². The lowest BCUT2D eigenvalue weighted by molar-refractivity contribution is -0.695. The van der Waals surface area contributed by atoms with E-state index in [0.717, 1.165) is 22.0 Å². The number of carboxylic acid groups (broad SMARTS) is 1. The van der Waals surface area contributed by atoms with Crippen molar-refractivity contribution in [3.8, 4) is 11.1 Å². The quantitative estimate of drug-likeness (QED) is 0.530. The maximum Gasteiger partial charge on any atom is 0.490 e. The molecule has 0 atom stereocenters. The summed E-state index contributed by atoms with van der Waals surface area (Å²) in [6, 6.07) is 14.1. The van der Waals surface area contributed by atoms with Crippen molar-refractivity contribution in [2.24, 2.45) is 0 Å². The number of rotatable bonds is 4. The van der Waals surface area contributed by atoms with Crippen LogP contribution in [0.4, 0.5) is 13.2 Å². The van der Waals surface area contributed by atoms with Gasteiger partial charge in [0.25, 0.3) is 0 Å². The van der Waals surface area contributed by atoms with Crippen molar-refractivity contribution in [1.82, 2.24) is 4.98 Å². The van der Waals surface area contributed by atoms with E-state index in [0.29, 0.717) is 13.7 Å². The molecule has 6 nitrogen and oxygen atoms in total. The summed E-state index contributed by atoms with van der Waals surface area (Å²) in [5.41, 5.74) is 3.13. The Bertz CT molecular complexity index is 984. The number of aliphatic carboxylic acids is 1. The lowest BCUT2D eigenvalue weighted by atomic mass is 10.0. The van der Waals surface area contributed by atoms with Crippen LogP contribution in [-0.4, -0.2) is 35.3 Å². The number of carbonyl (C=O) groups excluding carboxylic acids is 1. The van der Waals surface area contributed by atoms with Gasteiger partial charge in [-0.1, -0.05) is 24.3 Å². The van der Waals surface area contributed by atoms with Gasteiger partial charge >= 0.3 is 18.1 Å². The topological polar surface area (TPSA) is 80.4 Å². The molecular weight excluding hydrogens is 389 g/mol. The Morgan fingerprint density at radius 2 is 1.76 bits per heavy atom. The van der Waals surface area contributed by atoms with E-state index in [9.17, 15) is 22.8 Å². The van der Waals surface area contributed by atoms with Crippen LogP contribution < -0.4 is 4.57 Å². The number of carbonyl (C=O) groups is 2. The smallest absolute Gasteiger partial charge is 0.481 e. The van der Waals surface area contributed by atoms with Gasteiger partial charge in [-0.05, 0) is 11.6 Å². The summed E-state index contributed by atoms with van der Waals surface area (Å²) >= 11 is 0. The third-order valence-electron chi connectivity index (χ3n) is 3.84. The van der Waals surface area contributed by atoms with Crippen molar-refractivity contribution in [2.75, 3.05) is 7.11 Å². The zero-order valence-corrected chi connectivity index (χ0v) is 15.4. The van der Waals surface area contributed by atoms with Crippen LogP contribution in [0.5, 0.6) is 0 Å². The molecule has 0 bridgehead atoms. The number of carboxylic acids is 1. The van der Waals surface area contributed by atoms with Crippen LogP contribution in [0.15, 0.2) is 61.1 Å². The SMILES string of the molecule is COC(=O)C(F)(F)F.O=C(O)CC[n+]1ccc(-c2cccc3cccnc23)cc1. The molecule has 2 aromatic heterocycles. The molecule has 3 rings (SSSR count). The van der Waals surface area contributed by atoms with Gasteiger partial charge in [0.2, 0.25) is 0 Å². The van der Waals surface area contributed by atoms with Crippen LogP contribution in [0, 0.1) is 0 Å². The maximum absolute atomic E-state index is 11.0. The Balaban J connectivity index is 0.000000321. The Morgan fingerprint density at radius 3 is 2.31 bits per heavy atom. The number of fused-ring (bicyclic) bond motifs is 1. The summed E-state index contributed by atoms with van der Waals surface area (Å²) in [7, 11) is 0.676. The molecule has 9 heteroatoms. The number of alkyl halides is 3. The molecule has 0 aliphatic heterocycles. The van der Waals surface area contributed by atoms with Crippen molar-refractivity contribution in [3.05, 3.63) is 61.1 Å². The highest BCUT2D eigenvalue weighted by atomic mass is 19.4. The summed E-state index contributed by atoms with van der Waals surface area (Å²) in [6.07, 6.45) is 0.872. The average molecular weight is 407 g/mol. The number of nitrogens with zero attached hydrogens (tertiary/aromatic N) is 2. The molecule has 0 saturated carbocycles. The van der Waals surface area contributed by atoms with Gasteiger partial charge in [0.1, 0.15) is 6.42 Å². The molecule has 152 valence electrons. The zero-order chi connectivity index (χ0) is 21.4. The highest BCUT2D eigenvalue weighted by molar-refractivity contribution is 5.93. The molecule has 0 amide bonds. The van der Waals surface area contributed by atoms with Gasteiger partial charge in [-0.25, -0.2) is 9.36 Å². The van der Waals surface area contributed by atoms with E-state index in [-0.39, 0.29) is 6.42 Å². The second-order valence-corrected chi connectivity index (χ2v) is 5.84. The fourth-order valence-electron chi connectivity index (χ4n) is 2.46. The normalized spacial score (nSPS) is 10.8. The minimum absolute atomic E-state index is 0.125. The number of benzene rings is 1. The number of ether oxygens (including phenoxy) is 1. The van der Waals surface area contributed by atoms with Gasteiger partial charge in [0, 0.05) is 29.3 Å². The molecule has 29 heavy (non-hydrogen) atoms. The van der Waals surface area contributed by atoms with Gasteiger partial charge in [0.15, 0.2) is 18.9 Å². The predicted octanol–water partition coefficient (Wildman–Crippen LogP) is 3.39. The van der Waals surface area contributed by atoms with Crippen LogP contribution in [0.3, 0.4) is 0 Å². The van der Waals surface area contributed by atoms with Gasteiger partial charge in [-0.2, -0.15) is 13.2 Å². The highest BCUT2D eigenvalue weighted by Crippen LogP contribution is 2.25. The number of aromatic nitrogens is 2. The van der Waals surface area contributed by atoms with E-state index in [2.05, 4.69) is 9.72 Å². The molecule has 0 spiro atoms. The third-order valence-corrected chi connectivity index (χ3v) is 3.84. The molecule has 3 aromatic rings. The summed E-state index contributed by atoms with van der Waals surface area (Å²) in [4.78, 5) is 24.5. The van der Waals surface area contributed by atoms with E-state index >= 15 is 0 Å². The van der Waals surface area contributed by atoms with Crippen LogP contribution >= 0.6 is 0 Å². The first-order chi connectivity index (χ1) is 13.7. The molecule has 1 N–H and O–H groups in total. The third kappa shape index (κ3) is 6.27. The lowest BCUT2D eigenvalue weighted by Crippen LogP contribution is -2.33. The molecule has 0 aliphatic rings. The molecule has 0 saturated heterocycles. The minimum atomic E-state index is -4.85. The molecule has 0 fully saturated rings. The number of hydrogen-bond acceptors (Lipinski definition) is 4. The number of methoxy groups -OCH3 is 1. The van der Waals surface area contributed by atoms with E-state index < -0.39 is 18.1 Å². The largest absolute Gasteiger partial charge is 0.490 e. The summed E-state index contributed by atoms with van der Waals surface area (Å²) in [6.45, 7) is 0.476. The first kappa shape index (κ1) is 21.8. The lowest BCUT2D eigenvalue weighted by Gasteiger charge is -2.05. The molecule has 1 aromatic carbocycles. The van der Waals surface area contributed by atoms with Crippen molar-refractivity contribution in [3.63, 3.8) is 0 Å². The first-order valence-corrected chi connectivity index (χ1v) is 8.42. The number of esters is 1. The van der Waals surface area contributed by atoms with Gasteiger partial charge in [0.05, 0.1) is 12.6 Å². The van der Waals surface area contributed by atoms with Crippen molar-refractivity contribution < 1.29 is 37.2 Å². The van der Waals surface area contributed by atoms with Crippen molar-refractivity contribution in [1.29, 1.82) is 0 Å². The summed E-state index contributed by atoms with van der Waals surface area (Å²) in [5.74, 6) is -2.96. The van der Waals surface area contributed by atoms with Crippen LogP contribution in [-0.2, 0) is 20.9 Å². The van der Waals surface area contributed by atoms with Crippen LogP contribution in [0.25, 0.3) is 22.0 Å². The molecule has 0 radical (unpaired) electrons. The fourth-order valence-corrected chi connectivity index (χ4v) is 2.46. The van der Waals surface area contributed by atoms with Gasteiger partial charge < -0.3 is 9.84 Å². The van der Waals surface area contributed by atoms with Crippen molar-refractivity contribution in [2.45, 2.75) is 19.1 Å². The van der Waals surface area contributed by atoms with Crippen molar-refractivity contribution >= 4 is 22.8 Å². The number of pyridine rings is 2. The number of hydrogen-bond donors (Lipinski definition) is 1.